The molecule has 5 heteroatoms. The molecule has 4 nitrogen and oxygen atoms in total. The van der Waals surface area contributed by atoms with Crippen LogP contribution in [0.4, 0.5) is 0 Å². The topological polar surface area (TPSA) is 48.4 Å². The highest BCUT2D eigenvalue weighted by Crippen LogP contribution is 2.43. The standard InChI is InChI=1S/C11H15NO3S/c1-14-9(13)8-7-12-10(16-8)11(15-2)5-3-4-6-11/h7H,3-6H2,1-2H3. The molecule has 0 radical (unpaired) electrons. The van der Waals surface area contributed by atoms with Crippen molar-refractivity contribution in [3.05, 3.63) is 16.1 Å². The molecule has 0 unspecified atom stereocenters. The van der Waals surface area contributed by atoms with E-state index in [1.165, 1.54) is 18.4 Å². The van der Waals surface area contributed by atoms with Gasteiger partial charge in [0, 0.05) is 7.11 Å². The fourth-order valence-electron chi connectivity index (χ4n) is 2.13. The molecule has 1 aliphatic carbocycles. The minimum atomic E-state index is -0.326. The zero-order chi connectivity index (χ0) is 11.6. The summed E-state index contributed by atoms with van der Waals surface area (Å²) in [6.07, 6.45) is 5.85. The predicted octanol–water partition coefficient (Wildman–Crippen LogP) is 2.35. The average Bonchev–Trinajstić information content (AvgIpc) is 2.96. The third-order valence-electron chi connectivity index (χ3n) is 3.08. The van der Waals surface area contributed by atoms with Crippen LogP contribution in [-0.4, -0.2) is 25.2 Å². The molecule has 0 bridgehead atoms. The Hall–Kier alpha value is -0.940. The molecule has 88 valence electrons. The van der Waals surface area contributed by atoms with Crippen LogP contribution in [0.25, 0.3) is 0 Å². The van der Waals surface area contributed by atoms with E-state index in [0.717, 1.165) is 30.7 Å². The molecule has 0 N–H and O–H groups in total. The molecule has 0 spiro atoms. The maximum atomic E-state index is 11.3. The number of nitrogens with zero attached hydrogens (tertiary/aromatic N) is 1. The van der Waals surface area contributed by atoms with Crippen LogP contribution in [0.3, 0.4) is 0 Å². The van der Waals surface area contributed by atoms with Crippen LogP contribution in [0, 0.1) is 0 Å². The van der Waals surface area contributed by atoms with E-state index in [1.54, 1.807) is 13.3 Å². The quantitative estimate of drug-likeness (QED) is 0.762. The van der Waals surface area contributed by atoms with Crippen molar-refractivity contribution in [1.82, 2.24) is 4.98 Å². The summed E-state index contributed by atoms with van der Waals surface area (Å²) in [6.45, 7) is 0. The lowest BCUT2D eigenvalue weighted by Crippen LogP contribution is -2.23. The van der Waals surface area contributed by atoms with E-state index >= 15 is 0 Å². The Balaban J connectivity index is 2.26. The van der Waals surface area contributed by atoms with Crippen LogP contribution < -0.4 is 0 Å². The monoisotopic (exact) mass is 241 g/mol. The molecule has 1 aromatic rings. The molecule has 0 saturated heterocycles. The van der Waals surface area contributed by atoms with Crippen molar-refractivity contribution < 1.29 is 14.3 Å². The Morgan fingerprint density at radius 3 is 2.69 bits per heavy atom. The highest BCUT2D eigenvalue weighted by molar-refractivity contribution is 7.13. The van der Waals surface area contributed by atoms with Gasteiger partial charge in [-0.1, -0.05) is 12.8 Å². The van der Waals surface area contributed by atoms with Crippen LogP contribution in [0.5, 0.6) is 0 Å². The van der Waals surface area contributed by atoms with Gasteiger partial charge in [0.1, 0.15) is 15.5 Å². The van der Waals surface area contributed by atoms with Gasteiger partial charge in [0.2, 0.25) is 0 Å². The third-order valence-corrected chi connectivity index (χ3v) is 4.25. The normalized spacial score (nSPS) is 18.6. The fraction of sp³-hybridized carbons (Fsp3) is 0.636. The van der Waals surface area contributed by atoms with Crippen LogP contribution in [-0.2, 0) is 15.1 Å². The van der Waals surface area contributed by atoms with Gasteiger partial charge in [-0.3, -0.25) is 0 Å². The Morgan fingerprint density at radius 2 is 2.12 bits per heavy atom. The van der Waals surface area contributed by atoms with Crippen molar-refractivity contribution in [1.29, 1.82) is 0 Å². The number of thiazole rings is 1. The summed E-state index contributed by atoms with van der Waals surface area (Å²) in [5.74, 6) is -0.326. The molecule has 0 amide bonds. The van der Waals surface area contributed by atoms with Crippen LogP contribution in [0.15, 0.2) is 6.20 Å². The van der Waals surface area contributed by atoms with E-state index in [2.05, 4.69) is 9.72 Å². The molecule has 1 aromatic heterocycles. The molecule has 1 heterocycles. The van der Waals surface area contributed by atoms with Crippen molar-refractivity contribution in [3.8, 4) is 0 Å². The Kier molecular flexibility index (Phi) is 3.25. The van der Waals surface area contributed by atoms with E-state index in [0.29, 0.717) is 4.88 Å². The van der Waals surface area contributed by atoms with Crippen molar-refractivity contribution in [3.63, 3.8) is 0 Å². The van der Waals surface area contributed by atoms with E-state index in [1.807, 2.05) is 0 Å². The fourth-order valence-corrected chi connectivity index (χ4v) is 3.19. The lowest BCUT2D eigenvalue weighted by molar-refractivity contribution is -0.00885. The maximum absolute atomic E-state index is 11.3. The average molecular weight is 241 g/mol. The third kappa shape index (κ3) is 1.85. The Morgan fingerprint density at radius 1 is 1.44 bits per heavy atom. The first-order valence-electron chi connectivity index (χ1n) is 5.31. The van der Waals surface area contributed by atoms with Gasteiger partial charge < -0.3 is 9.47 Å². The number of carbonyl (C=O) groups excluding carboxylic acids is 1. The first-order valence-corrected chi connectivity index (χ1v) is 6.13. The van der Waals surface area contributed by atoms with Crippen LogP contribution in [0.2, 0.25) is 0 Å². The van der Waals surface area contributed by atoms with E-state index in [-0.39, 0.29) is 11.6 Å². The molecule has 0 aliphatic heterocycles. The highest BCUT2D eigenvalue weighted by atomic mass is 32.1. The van der Waals surface area contributed by atoms with Gasteiger partial charge >= 0.3 is 5.97 Å². The lowest BCUT2D eigenvalue weighted by Gasteiger charge is -2.24. The van der Waals surface area contributed by atoms with Crippen LogP contribution >= 0.6 is 11.3 Å². The first-order chi connectivity index (χ1) is 7.72. The van der Waals surface area contributed by atoms with Crippen molar-refractivity contribution in [2.24, 2.45) is 0 Å². The summed E-state index contributed by atoms with van der Waals surface area (Å²) >= 11 is 1.38. The van der Waals surface area contributed by atoms with Crippen molar-refractivity contribution >= 4 is 17.3 Å². The number of aromatic nitrogens is 1. The van der Waals surface area contributed by atoms with Gasteiger partial charge in [-0.25, -0.2) is 9.78 Å². The minimum absolute atomic E-state index is 0.267. The summed E-state index contributed by atoms with van der Waals surface area (Å²) in [5, 5.41) is 0.896. The first kappa shape index (κ1) is 11.5. The number of rotatable bonds is 3. The number of hydrogen-bond acceptors (Lipinski definition) is 5. The predicted molar refractivity (Wildman–Crippen MR) is 60.6 cm³/mol. The number of carbonyl (C=O) groups is 1. The molecule has 1 saturated carbocycles. The Bertz CT molecular complexity index is 382. The molecule has 1 fully saturated rings. The van der Waals surface area contributed by atoms with Gasteiger partial charge in [-0.05, 0) is 12.8 Å². The summed E-state index contributed by atoms with van der Waals surface area (Å²) in [4.78, 5) is 16.2. The van der Waals surface area contributed by atoms with E-state index in [4.69, 9.17) is 4.74 Å². The zero-order valence-corrected chi connectivity index (χ0v) is 10.3. The molecule has 2 rings (SSSR count). The second-order valence-corrected chi connectivity index (χ2v) is 4.96. The maximum Gasteiger partial charge on any atom is 0.349 e. The van der Waals surface area contributed by atoms with Gasteiger partial charge in [-0.15, -0.1) is 11.3 Å². The number of methoxy groups -OCH3 is 2. The lowest BCUT2D eigenvalue weighted by atomic mass is 10.0. The summed E-state index contributed by atoms with van der Waals surface area (Å²) in [7, 11) is 3.09. The summed E-state index contributed by atoms with van der Waals surface area (Å²) < 4.78 is 10.3. The molecular weight excluding hydrogens is 226 g/mol. The van der Waals surface area contributed by atoms with Gasteiger partial charge in [-0.2, -0.15) is 0 Å². The summed E-state index contributed by atoms with van der Waals surface area (Å²) in [5.41, 5.74) is -0.267. The van der Waals surface area contributed by atoms with Crippen LogP contribution in [0.1, 0.15) is 40.4 Å². The minimum Gasteiger partial charge on any atom is -0.465 e. The van der Waals surface area contributed by atoms with Gasteiger partial charge in [0.15, 0.2) is 0 Å². The van der Waals surface area contributed by atoms with Crippen molar-refractivity contribution in [2.45, 2.75) is 31.3 Å². The largest absolute Gasteiger partial charge is 0.465 e. The number of esters is 1. The smallest absolute Gasteiger partial charge is 0.349 e. The molecule has 0 atom stereocenters. The Labute approximate surface area is 98.6 Å². The SMILES string of the molecule is COC(=O)c1cnc(C2(OC)CCCC2)s1. The zero-order valence-electron chi connectivity index (χ0n) is 9.49. The molecular formula is C11H15NO3S. The second kappa shape index (κ2) is 4.51. The molecule has 16 heavy (non-hydrogen) atoms. The number of ether oxygens (including phenoxy) is 2. The summed E-state index contributed by atoms with van der Waals surface area (Å²) in [6, 6.07) is 0. The van der Waals surface area contributed by atoms with Gasteiger partial charge in [0.05, 0.1) is 13.3 Å². The van der Waals surface area contributed by atoms with E-state index < -0.39 is 0 Å². The van der Waals surface area contributed by atoms with E-state index in [9.17, 15) is 4.79 Å². The second-order valence-electron chi connectivity index (χ2n) is 3.93. The highest BCUT2D eigenvalue weighted by Gasteiger charge is 2.38. The van der Waals surface area contributed by atoms with Crippen molar-refractivity contribution in [2.75, 3.05) is 14.2 Å². The molecule has 0 aromatic carbocycles. The number of hydrogen-bond donors (Lipinski definition) is 0. The van der Waals surface area contributed by atoms with Gasteiger partial charge in [0.25, 0.3) is 0 Å². The molecule has 1 aliphatic rings.